The lowest BCUT2D eigenvalue weighted by Gasteiger charge is -2.29. The van der Waals surface area contributed by atoms with Crippen molar-refractivity contribution in [3.05, 3.63) is 23.7 Å². The minimum atomic E-state index is -0.217. The van der Waals surface area contributed by atoms with Gasteiger partial charge in [0.05, 0.1) is 12.6 Å². The summed E-state index contributed by atoms with van der Waals surface area (Å²) in [7, 11) is 1.60. The van der Waals surface area contributed by atoms with Crippen LogP contribution in [0, 0.1) is 12.3 Å². The molecule has 1 heterocycles. The first kappa shape index (κ1) is 15.6. The van der Waals surface area contributed by atoms with Crippen LogP contribution in [0.5, 0.6) is 0 Å². The Morgan fingerprint density at radius 1 is 1.42 bits per heavy atom. The van der Waals surface area contributed by atoms with E-state index in [0.29, 0.717) is 13.2 Å². The number of amides is 2. The second kappa shape index (κ2) is 6.61. The van der Waals surface area contributed by atoms with Crippen molar-refractivity contribution in [3.8, 4) is 0 Å². The molecule has 0 saturated carbocycles. The summed E-state index contributed by atoms with van der Waals surface area (Å²) in [6.07, 6.45) is 0. The van der Waals surface area contributed by atoms with Crippen LogP contribution in [0.25, 0.3) is 0 Å². The van der Waals surface area contributed by atoms with Gasteiger partial charge < -0.3 is 19.8 Å². The molecule has 2 amide bonds. The topological polar surface area (TPSA) is 63.5 Å². The molecule has 0 unspecified atom stereocenters. The number of furan rings is 1. The lowest BCUT2D eigenvalue weighted by atomic mass is 9.85. The molecule has 1 atom stereocenters. The maximum Gasteiger partial charge on any atom is 0.315 e. The van der Waals surface area contributed by atoms with E-state index >= 15 is 0 Å². The second-order valence-corrected chi connectivity index (χ2v) is 5.64. The monoisotopic (exact) mass is 268 g/mol. The van der Waals surface area contributed by atoms with E-state index in [-0.39, 0.29) is 17.5 Å². The van der Waals surface area contributed by atoms with E-state index in [1.807, 2.05) is 19.1 Å². The third kappa shape index (κ3) is 4.95. The summed E-state index contributed by atoms with van der Waals surface area (Å²) < 4.78 is 10.5. The highest BCUT2D eigenvalue weighted by molar-refractivity contribution is 5.74. The van der Waals surface area contributed by atoms with Gasteiger partial charge in [-0.25, -0.2) is 4.79 Å². The lowest BCUT2D eigenvalue weighted by Crippen LogP contribution is -2.43. The molecule has 5 nitrogen and oxygen atoms in total. The number of carbonyl (C=O) groups is 1. The Bertz CT molecular complexity index is 407. The van der Waals surface area contributed by atoms with E-state index in [4.69, 9.17) is 9.15 Å². The fraction of sp³-hybridized carbons (Fsp3) is 0.643. The number of hydrogen-bond donors (Lipinski definition) is 2. The molecular formula is C14H24N2O3. The first-order valence-electron chi connectivity index (χ1n) is 6.44. The van der Waals surface area contributed by atoms with Crippen molar-refractivity contribution in [2.24, 2.45) is 5.41 Å². The summed E-state index contributed by atoms with van der Waals surface area (Å²) in [4.78, 5) is 11.8. The highest BCUT2D eigenvalue weighted by atomic mass is 16.5. The molecule has 108 valence electrons. The van der Waals surface area contributed by atoms with E-state index in [2.05, 4.69) is 31.4 Å². The van der Waals surface area contributed by atoms with Crippen molar-refractivity contribution in [3.63, 3.8) is 0 Å². The maximum absolute atomic E-state index is 11.8. The third-order valence-corrected chi connectivity index (χ3v) is 2.78. The van der Waals surface area contributed by atoms with E-state index in [0.717, 1.165) is 11.5 Å². The Morgan fingerprint density at radius 3 is 2.58 bits per heavy atom. The molecule has 1 aromatic rings. The van der Waals surface area contributed by atoms with Crippen LogP contribution in [0.1, 0.15) is 38.3 Å². The van der Waals surface area contributed by atoms with Crippen molar-refractivity contribution < 1.29 is 13.9 Å². The fourth-order valence-corrected chi connectivity index (χ4v) is 1.77. The van der Waals surface area contributed by atoms with Crippen molar-refractivity contribution in [2.75, 3.05) is 20.3 Å². The summed E-state index contributed by atoms with van der Waals surface area (Å²) in [6, 6.07) is 3.41. The van der Waals surface area contributed by atoms with Crippen molar-refractivity contribution >= 4 is 6.03 Å². The first-order chi connectivity index (χ1) is 8.84. The highest BCUT2D eigenvalue weighted by Crippen LogP contribution is 2.33. The van der Waals surface area contributed by atoms with E-state index in [1.165, 1.54) is 0 Å². The number of hydrogen-bond acceptors (Lipinski definition) is 3. The molecule has 0 aromatic carbocycles. The molecule has 19 heavy (non-hydrogen) atoms. The largest absolute Gasteiger partial charge is 0.464 e. The molecule has 0 fully saturated rings. The van der Waals surface area contributed by atoms with Crippen molar-refractivity contribution in [1.29, 1.82) is 0 Å². The third-order valence-electron chi connectivity index (χ3n) is 2.78. The lowest BCUT2D eigenvalue weighted by molar-refractivity contribution is 0.187. The molecule has 0 aliphatic carbocycles. The molecule has 1 rings (SSSR count). The van der Waals surface area contributed by atoms with Gasteiger partial charge in [0.2, 0.25) is 0 Å². The standard InChI is InChI=1S/C14H24N2O3/c1-10-6-7-11(19-10)12(14(2,3)4)16-13(17)15-8-9-18-5/h6-7,12H,8-9H2,1-5H3,(H2,15,16,17)/t12-/m1/s1. The molecule has 0 aliphatic heterocycles. The Labute approximate surface area is 114 Å². The number of urea groups is 1. The summed E-state index contributed by atoms with van der Waals surface area (Å²) in [6.45, 7) is 9.05. The Morgan fingerprint density at radius 2 is 2.11 bits per heavy atom. The Hall–Kier alpha value is -1.49. The van der Waals surface area contributed by atoms with Gasteiger partial charge in [0, 0.05) is 13.7 Å². The van der Waals surface area contributed by atoms with E-state index in [9.17, 15) is 4.79 Å². The van der Waals surface area contributed by atoms with E-state index < -0.39 is 0 Å². The SMILES string of the molecule is COCCNC(=O)N[C@H](c1ccc(C)o1)C(C)(C)C. The van der Waals surface area contributed by atoms with Crippen molar-refractivity contribution in [2.45, 2.75) is 33.7 Å². The quantitative estimate of drug-likeness (QED) is 0.807. The van der Waals surface area contributed by atoms with Gasteiger partial charge in [-0.1, -0.05) is 20.8 Å². The summed E-state index contributed by atoms with van der Waals surface area (Å²) >= 11 is 0. The highest BCUT2D eigenvalue weighted by Gasteiger charge is 2.30. The molecule has 1 aromatic heterocycles. The van der Waals surface area contributed by atoms with Crippen LogP contribution in [0.3, 0.4) is 0 Å². The zero-order valence-corrected chi connectivity index (χ0v) is 12.4. The van der Waals surface area contributed by atoms with Gasteiger partial charge in [-0.05, 0) is 24.5 Å². The van der Waals surface area contributed by atoms with Gasteiger partial charge in [-0.3, -0.25) is 0 Å². The van der Waals surface area contributed by atoms with Crippen LogP contribution in [0.2, 0.25) is 0 Å². The summed E-state index contributed by atoms with van der Waals surface area (Å²) in [5.41, 5.74) is -0.136. The number of nitrogens with one attached hydrogen (secondary N) is 2. The summed E-state index contributed by atoms with van der Waals surface area (Å²) in [5.74, 6) is 1.61. The van der Waals surface area contributed by atoms with Gasteiger partial charge in [0.15, 0.2) is 0 Å². The zero-order valence-electron chi connectivity index (χ0n) is 12.4. The van der Waals surface area contributed by atoms with Gasteiger partial charge >= 0.3 is 6.03 Å². The predicted molar refractivity (Wildman–Crippen MR) is 74.1 cm³/mol. The molecule has 5 heteroatoms. The smallest absolute Gasteiger partial charge is 0.315 e. The molecular weight excluding hydrogens is 244 g/mol. The van der Waals surface area contributed by atoms with Crippen LogP contribution in [0.4, 0.5) is 4.79 Å². The number of methoxy groups -OCH3 is 1. The minimum Gasteiger partial charge on any atom is -0.464 e. The second-order valence-electron chi connectivity index (χ2n) is 5.64. The van der Waals surface area contributed by atoms with Crippen molar-refractivity contribution in [1.82, 2.24) is 10.6 Å². The zero-order chi connectivity index (χ0) is 14.5. The molecule has 0 bridgehead atoms. The van der Waals surface area contributed by atoms with Crippen LogP contribution in [-0.4, -0.2) is 26.3 Å². The number of carbonyl (C=O) groups excluding carboxylic acids is 1. The average Bonchev–Trinajstić information content (AvgIpc) is 2.71. The molecule has 0 radical (unpaired) electrons. The van der Waals surface area contributed by atoms with Gasteiger partial charge in [0.25, 0.3) is 0 Å². The van der Waals surface area contributed by atoms with Crippen LogP contribution in [-0.2, 0) is 4.74 Å². The van der Waals surface area contributed by atoms with Gasteiger partial charge in [0.1, 0.15) is 11.5 Å². The van der Waals surface area contributed by atoms with Crippen LogP contribution in [0.15, 0.2) is 16.5 Å². The number of aryl methyl sites for hydroxylation is 1. The van der Waals surface area contributed by atoms with Gasteiger partial charge in [-0.15, -0.1) is 0 Å². The summed E-state index contributed by atoms with van der Waals surface area (Å²) in [5, 5.41) is 5.69. The number of rotatable bonds is 5. The van der Waals surface area contributed by atoms with Crippen LogP contribution >= 0.6 is 0 Å². The Kier molecular flexibility index (Phi) is 5.42. The van der Waals surface area contributed by atoms with Crippen LogP contribution < -0.4 is 10.6 Å². The fourth-order valence-electron chi connectivity index (χ4n) is 1.77. The maximum atomic E-state index is 11.8. The van der Waals surface area contributed by atoms with E-state index in [1.54, 1.807) is 7.11 Å². The number of ether oxygens (including phenoxy) is 1. The van der Waals surface area contributed by atoms with Gasteiger partial charge in [-0.2, -0.15) is 0 Å². The molecule has 0 aliphatic rings. The normalized spacial score (nSPS) is 13.1. The molecule has 2 N–H and O–H groups in total. The molecule has 0 saturated heterocycles. The average molecular weight is 268 g/mol. The minimum absolute atomic E-state index is 0.136. The first-order valence-corrected chi connectivity index (χ1v) is 6.44. The predicted octanol–water partition coefficient (Wildman–Crippen LogP) is 2.62. The Balaban J connectivity index is 2.69. The molecule has 0 spiro atoms.